The molecule has 0 aliphatic carbocycles. The van der Waals surface area contributed by atoms with E-state index in [9.17, 15) is 4.79 Å². The molecule has 0 bridgehead atoms. The Morgan fingerprint density at radius 1 is 1.35 bits per heavy atom. The Morgan fingerprint density at radius 3 is 2.75 bits per heavy atom. The van der Waals surface area contributed by atoms with Crippen molar-refractivity contribution in [3.63, 3.8) is 0 Å². The maximum absolute atomic E-state index is 12.3. The molecule has 2 rings (SSSR count). The van der Waals surface area contributed by atoms with Crippen LogP contribution in [0.15, 0.2) is 18.2 Å². The zero-order chi connectivity index (χ0) is 14.7. The van der Waals surface area contributed by atoms with Gasteiger partial charge in [0.2, 0.25) is 0 Å². The van der Waals surface area contributed by atoms with Gasteiger partial charge in [-0.1, -0.05) is 19.9 Å². The first-order valence-corrected chi connectivity index (χ1v) is 7.36. The number of rotatable bonds is 5. The van der Waals surface area contributed by atoms with Crippen LogP contribution in [0.3, 0.4) is 0 Å². The van der Waals surface area contributed by atoms with Gasteiger partial charge in [-0.25, -0.2) is 0 Å². The smallest absolute Gasteiger partial charge is 0.267 e. The maximum Gasteiger partial charge on any atom is 0.267 e. The van der Waals surface area contributed by atoms with E-state index in [-0.39, 0.29) is 5.91 Å². The number of nitrogens with zero attached hydrogens (tertiary/aromatic N) is 1. The van der Waals surface area contributed by atoms with Gasteiger partial charge in [0.15, 0.2) is 6.10 Å². The second-order valence-electron chi connectivity index (χ2n) is 5.63. The highest BCUT2D eigenvalue weighted by Gasteiger charge is 2.31. The van der Waals surface area contributed by atoms with Gasteiger partial charge in [-0.2, -0.15) is 0 Å². The van der Waals surface area contributed by atoms with Gasteiger partial charge in [-0.15, -0.1) is 0 Å². The highest BCUT2D eigenvalue weighted by Crippen LogP contribution is 2.36. The van der Waals surface area contributed by atoms with Crippen molar-refractivity contribution in [3.8, 4) is 5.75 Å². The molecule has 1 aromatic carbocycles. The number of amides is 1. The number of carbonyl (C=O) groups is 1. The standard InChI is InChI=1S/C16H24N2O2/c1-11(2)13-6-7-15-14(10-13)18(9-5-4-8-17)16(19)12(3)20-15/h6-7,10-12H,4-5,8-9,17H2,1-3H3. The lowest BCUT2D eigenvalue weighted by Crippen LogP contribution is -2.45. The number of hydrogen-bond donors (Lipinski definition) is 1. The van der Waals surface area contributed by atoms with Crippen LogP contribution < -0.4 is 15.4 Å². The first-order chi connectivity index (χ1) is 9.54. The largest absolute Gasteiger partial charge is 0.479 e. The number of anilines is 1. The molecule has 20 heavy (non-hydrogen) atoms. The van der Waals surface area contributed by atoms with Crippen LogP contribution in [0.2, 0.25) is 0 Å². The monoisotopic (exact) mass is 276 g/mol. The molecule has 4 nitrogen and oxygen atoms in total. The summed E-state index contributed by atoms with van der Waals surface area (Å²) in [6.07, 6.45) is 1.43. The van der Waals surface area contributed by atoms with Crippen LogP contribution >= 0.6 is 0 Å². The third kappa shape index (κ3) is 2.96. The Kier molecular flexibility index (Phi) is 4.65. The molecule has 1 heterocycles. The quantitative estimate of drug-likeness (QED) is 0.841. The molecule has 1 amide bonds. The van der Waals surface area contributed by atoms with Gasteiger partial charge >= 0.3 is 0 Å². The van der Waals surface area contributed by atoms with Gasteiger partial charge in [0.05, 0.1) is 5.69 Å². The first-order valence-electron chi connectivity index (χ1n) is 7.36. The van der Waals surface area contributed by atoms with Crippen molar-refractivity contribution in [2.24, 2.45) is 5.73 Å². The molecule has 0 spiro atoms. The second-order valence-corrected chi connectivity index (χ2v) is 5.63. The van der Waals surface area contributed by atoms with Crippen LogP contribution in [-0.2, 0) is 4.79 Å². The van der Waals surface area contributed by atoms with E-state index in [1.807, 2.05) is 11.0 Å². The molecule has 1 aliphatic rings. The third-order valence-electron chi connectivity index (χ3n) is 3.69. The lowest BCUT2D eigenvalue weighted by Gasteiger charge is -2.33. The Labute approximate surface area is 120 Å². The van der Waals surface area contributed by atoms with E-state index in [0.29, 0.717) is 19.0 Å². The van der Waals surface area contributed by atoms with Crippen LogP contribution in [0.25, 0.3) is 0 Å². The molecule has 1 aliphatic heterocycles. The van der Waals surface area contributed by atoms with Crippen molar-refractivity contribution in [2.45, 2.75) is 45.6 Å². The number of fused-ring (bicyclic) bond motifs is 1. The Balaban J connectivity index is 2.31. The molecule has 0 saturated heterocycles. The predicted molar refractivity (Wildman–Crippen MR) is 81.3 cm³/mol. The molecule has 1 atom stereocenters. The predicted octanol–water partition coefficient (Wildman–Crippen LogP) is 2.66. The van der Waals surface area contributed by atoms with Crippen LogP contribution in [0.4, 0.5) is 5.69 Å². The Morgan fingerprint density at radius 2 is 2.10 bits per heavy atom. The highest BCUT2D eigenvalue weighted by atomic mass is 16.5. The zero-order valence-electron chi connectivity index (χ0n) is 12.6. The van der Waals surface area contributed by atoms with Crippen molar-refractivity contribution < 1.29 is 9.53 Å². The summed E-state index contributed by atoms with van der Waals surface area (Å²) in [4.78, 5) is 14.2. The minimum atomic E-state index is -0.412. The number of hydrogen-bond acceptors (Lipinski definition) is 3. The van der Waals surface area contributed by atoms with Gasteiger partial charge in [0.25, 0.3) is 5.91 Å². The molecule has 0 radical (unpaired) electrons. The minimum absolute atomic E-state index is 0.0374. The first kappa shape index (κ1) is 14.9. The summed E-state index contributed by atoms with van der Waals surface area (Å²) in [7, 11) is 0. The topological polar surface area (TPSA) is 55.6 Å². The van der Waals surface area contributed by atoms with Crippen LogP contribution in [-0.4, -0.2) is 25.1 Å². The summed E-state index contributed by atoms with van der Waals surface area (Å²) in [6.45, 7) is 7.46. The van der Waals surface area contributed by atoms with E-state index in [1.165, 1.54) is 5.56 Å². The van der Waals surface area contributed by atoms with Gasteiger partial charge in [-0.05, 0) is 49.9 Å². The minimum Gasteiger partial charge on any atom is -0.479 e. The number of benzene rings is 1. The average Bonchev–Trinajstić information content (AvgIpc) is 2.42. The SMILES string of the molecule is CC1Oc2ccc(C(C)C)cc2N(CCCCN)C1=O. The summed E-state index contributed by atoms with van der Waals surface area (Å²) in [6, 6.07) is 6.12. The number of ether oxygens (including phenoxy) is 1. The van der Waals surface area contributed by atoms with Crippen molar-refractivity contribution in [1.82, 2.24) is 0 Å². The lowest BCUT2D eigenvalue weighted by atomic mass is 10.0. The summed E-state index contributed by atoms with van der Waals surface area (Å²) in [5.41, 5.74) is 7.66. The highest BCUT2D eigenvalue weighted by molar-refractivity contribution is 5.99. The molecule has 1 unspecified atom stereocenters. The van der Waals surface area contributed by atoms with Crippen LogP contribution in [0.5, 0.6) is 5.75 Å². The van der Waals surface area contributed by atoms with Gasteiger partial charge in [-0.3, -0.25) is 4.79 Å². The van der Waals surface area contributed by atoms with Crippen molar-refractivity contribution >= 4 is 11.6 Å². The van der Waals surface area contributed by atoms with Crippen LogP contribution in [0.1, 0.15) is 45.1 Å². The molecule has 110 valence electrons. The van der Waals surface area contributed by atoms with E-state index in [2.05, 4.69) is 26.0 Å². The molecular weight excluding hydrogens is 252 g/mol. The molecule has 0 fully saturated rings. The number of nitrogens with two attached hydrogens (primary N) is 1. The van der Waals surface area contributed by atoms with Gasteiger partial charge in [0.1, 0.15) is 5.75 Å². The van der Waals surface area contributed by atoms with Crippen molar-refractivity contribution in [2.75, 3.05) is 18.0 Å². The summed E-state index contributed by atoms with van der Waals surface area (Å²) < 4.78 is 5.70. The number of carbonyl (C=O) groups excluding carboxylic acids is 1. The van der Waals surface area contributed by atoms with Crippen LogP contribution in [0, 0.1) is 0 Å². The Bertz CT molecular complexity index is 485. The maximum atomic E-state index is 12.3. The average molecular weight is 276 g/mol. The summed E-state index contributed by atoms with van der Waals surface area (Å²) in [5.74, 6) is 1.27. The summed E-state index contributed by atoms with van der Waals surface area (Å²) in [5, 5.41) is 0. The van der Waals surface area contributed by atoms with Crippen molar-refractivity contribution in [1.29, 1.82) is 0 Å². The normalized spacial score (nSPS) is 18.1. The fourth-order valence-corrected chi connectivity index (χ4v) is 2.43. The summed E-state index contributed by atoms with van der Waals surface area (Å²) >= 11 is 0. The molecule has 0 saturated carbocycles. The Hall–Kier alpha value is -1.55. The van der Waals surface area contributed by atoms with E-state index in [4.69, 9.17) is 10.5 Å². The molecule has 2 N–H and O–H groups in total. The third-order valence-corrected chi connectivity index (χ3v) is 3.69. The van der Waals surface area contributed by atoms with Crippen molar-refractivity contribution in [3.05, 3.63) is 23.8 Å². The molecule has 0 aromatic heterocycles. The second kappa shape index (κ2) is 6.27. The van der Waals surface area contributed by atoms with E-state index < -0.39 is 6.10 Å². The van der Waals surface area contributed by atoms with E-state index >= 15 is 0 Å². The van der Waals surface area contributed by atoms with E-state index in [1.54, 1.807) is 6.92 Å². The fraction of sp³-hybridized carbons (Fsp3) is 0.562. The molecule has 1 aromatic rings. The zero-order valence-corrected chi connectivity index (χ0v) is 12.6. The molecule has 4 heteroatoms. The number of unbranched alkanes of at least 4 members (excludes halogenated alkanes) is 1. The fourth-order valence-electron chi connectivity index (χ4n) is 2.43. The van der Waals surface area contributed by atoms with Gasteiger partial charge < -0.3 is 15.4 Å². The van der Waals surface area contributed by atoms with Gasteiger partial charge in [0, 0.05) is 6.54 Å². The molecular formula is C16H24N2O2. The van der Waals surface area contributed by atoms with E-state index in [0.717, 1.165) is 24.3 Å². The lowest BCUT2D eigenvalue weighted by molar-refractivity contribution is -0.125.